The Balaban J connectivity index is 2.26. The molecule has 0 bridgehead atoms. The molecule has 0 saturated carbocycles. The molecular formula is C11H15BrOSi. The molecule has 1 fully saturated rings. The highest BCUT2D eigenvalue weighted by molar-refractivity contribution is 9.10. The molecule has 1 aliphatic heterocycles. The van der Waals surface area contributed by atoms with Crippen molar-refractivity contribution in [2.75, 3.05) is 6.61 Å². The first-order valence-corrected chi connectivity index (χ1v) is 7.81. The minimum absolute atomic E-state index is 0.970. The second-order valence-corrected chi connectivity index (χ2v) is 7.14. The van der Waals surface area contributed by atoms with Gasteiger partial charge in [-0.2, -0.15) is 0 Å². The van der Waals surface area contributed by atoms with Crippen LogP contribution in [0.4, 0.5) is 0 Å². The van der Waals surface area contributed by atoms with Crippen LogP contribution in [0.5, 0.6) is 0 Å². The second-order valence-electron chi connectivity index (χ2n) is 3.83. The lowest BCUT2D eigenvalue weighted by Crippen LogP contribution is -2.37. The molecular weight excluding hydrogens is 256 g/mol. The van der Waals surface area contributed by atoms with E-state index in [0.717, 1.165) is 6.61 Å². The third kappa shape index (κ3) is 2.10. The summed E-state index contributed by atoms with van der Waals surface area (Å²) in [6.45, 7) is 3.11. The topological polar surface area (TPSA) is 9.23 Å². The van der Waals surface area contributed by atoms with Gasteiger partial charge >= 0.3 is 0 Å². The zero-order valence-electron chi connectivity index (χ0n) is 8.42. The second kappa shape index (κ2) is 4.60. The first-order valence-electron chi connectivity index (χ1n) is 5.15. The minimum Gasteiger partial charge on any atom is -0.415 e. The monoisotopic (exact) mass is 270 g/mol. The number of aryl methyl sites for hydroxylation is 1. The normalized spacial score (nSPS) is 22.3. The van der Waals surface area contributed by atoms with Crippen LogP contribution in [-0.4, -0.2) is 15.6 Å². The van der Waals surface area contributed by atoms with Crippen molar-refractivity contribution in [3.63, 3.8) is 0 Å². The van der Waals surface area contributed by atoms with Gasteiger partial charge in [0.15, 0.2) is 0 Å². The molecule has 1 unspecified atom stereocenters. The summed E-state index contributed by atoms with van der Waals surface area (Å²) >= 11 is 3.67. The van der Waals surface area contributed by atoms with Gasteiger partial charge in [-0.3, -0.25) is 0 Å². The average Bonchev–Trinajstić information content (AvgIpc) is 2.23. The summed E-state index contributed by atoms with van der Waals surface area (Å²) in [5.74, 6) is 0. The van der Waals surface area contributed by atoms with Crippen LogP contribution < -0.4 is 5.19 Å². The predicted molar refractivity (Wildman–Crippen MR) is 65.7 cm³/mol. The fourth-order valence-electron chi connectivity index (χ4n) is 1.90. The zero-order valence-corrected chi connectivity index (χ0v) is 11.2. The number of hydrogen-bond donors (Lipinski definition) is 0. The Bertz CT molecular complexity index is 321. The first kappa shape index (κ1) is 10.4. The average molecular weight is 271 g/mol. The van der Waals surface area contributed by atoms with Crippen LogP contribution in [0.2, 0.25) is 6.04 Å². The highest BCUT2D eigenvalue weighted by atomic mass is 79.9. The van der Waals surface area contributed by atoms with Crippen molar-refractivity contribution in [3.8, 4) is 0 Å². The van der Waals surface area contributed by atoms with E-state index < -0.39 is 9.04 Å². The molecule has 76 valence electrons. The quantitative estimate of drug-likeness (QED) is 0.713. The Kier molecular flexibility index (Phi) is 3.41. The predicted octanol–water partition coefficient (Wildman–Crippen LogP) is 2.50. The van der Waals surface area contributed by atoms with Crippen molar-refractivity contribution in [3.05, 3.63) is 28.2 Å². The number of rotatable bonds is 1. The summed E-state index contributed by atoms with van der Waals surface area (Å²) in [4.78, 5) is 0. The van der Waals surface area contributed by atoms with Crippen LogP contribution in [0, 0.1) is 6.92 Å². The van der Waals surface area contributed by atoms with Crippen LogP contribution in [0.25, 0.3) is 0 Å². The lowest BCUT2D eigenvalue weighted by atomic mass is 10.2. The molecule has 0 N–H and O–H groups in total. The Morgan fingerprint density at radius 2 is 2.21 bits per heavy atom. The van der Waals surface area contributed by atoms with E-state index in [2.05, 4.69) is 41.1 Å². The van der Waals surface area contributed by atoms with Gasteiger partial charge in [0.1, 0.15) is 0 Å². The van der Waals surface area contributed by atoms with Crippen molar-refractivity contribution in [2.45, 2.75) is 25.8 Å². The van der Waals surface area contributed by atoms with E-state index >= 15 is 0 Å². The summed E-state index contributed by atoms with van der Waals surface area (Å²) in [6.07, 6.45) is 2.59. The standard InChI is InChI=1S/C11H15BrOSi/c1-9-5-4-6-10(11(9)12)14-8-3-2-7-13-14/h4-6,14H,2-3,7-8H2,1H3. The molecule has 1 heterocycles. The molecule has 3 heteroatoms. The van der Waals surface area contributed by atoms with Gasteiger partial charge in [0.2, 0.25) is 9.04 Å². The Hall–Kier alpha value is -0.123. The third-order valence-electron chi connectivity index (χ3n) is 2.75. The molecule has 1 aliphatic rings. The summed E-state index contributed by atoms with van der Waals surface area (Å²) in [6, 6.07) is 7.80. The first-order chi connectivity index (χ1) is 6.79. The maximum Gasteiger partial charge on any atom is 0.209 e. The van der Waals surface area contributed by atoms with Gasteiger partial charge in [-0.25, -0.2) is 0 Å². The minimum atomic E-state index is -1.10. The molecule has 1 nitrogen and oxygen atoms in total. The summed E-state index contributed by atoms with van der Waals surface area (Å²) in [5, 5.41) is 1.45. The van der Waals surface area contributed by atoms with Gasteiger partial charge in [0.25, 0.3) is 0 Å². The Morgan fingerprint density at radius 1 is 1.36 bits per heavy atom. The molecule has 14 heavy (non-hydrogen) atoms. The van der Waals surface area contributed by atoms with Gasteiger partial charge in [-0.1, -0.05) is 40.5 Å². The van der Waals surface area contributed by atoms with Crippen molar-refractivity contribution in [1.29, 1.82) is 0 Å². The van der Waals surface area contributed by atoms with Crippen molar-refractivity contribution >= 4 is 30.2 Å². The molecule has 1 aromatic rings. The molecule has 0 radical (unpaired) electrons. The maximum absolute atomic E-state index is 5.91. The number of benzene rings is 1. The van der Waals surface area contributed by atoms with E-state index in [9.17, 15) is 0 Å². The van der Waals surface area contributed by atoms with E-state index in [1.54, 1.807) is 0 Å². The van der Waals surface area contributed by atoms with Gasteiger partial charge in [-0.15, -0.1) is 0 Å². The van der Waals surface area contributed by atoms with Crippen molar-refractivity contribution < 1.29 is 4.43 Å². The highest BCUT2D eigenvalue weighted by Crippen LogP contribution is 2.18. The van der Waals surface area contributed by atoms with Crippen LogP contribution in [0.15, 0.2) is 22.7 Å². The van der Waals surface area contributed by atoms with Crippen molar-refractivity contribution in [2.24, 2.45) is 0 Å². The Morgan fingerprint density at radius 3 is 2.93 bits per heavy atom. The highest BCUT2D eigenvalue weighted by Gasteiger charge is 2.20. The van der Waals surface area contributed by atoms with Crippen LogP contribution in [0.1, 0.15) is 18.4 Å². The van der Waals surface area contributed by atoms with E-state index in [0.29, 0.717) is 0 Å². The molecule has 0 aromatic heterocycles. The smallest absolute Gasteiger partial charge is 0.209 e. The fraction of sp³-hybridized carbons (Fsp3) is 0.455. The summed E-state index contributed by atoms with van der Waals surface area (Å²) < 4.78 is 7.19. The number of hydrogen-bond acceptors (Lipinski definition) is 1. The van der Waals surface area contributed by atoms with Gasteiger partial charge < -0.3 is 4.43 Å². The number of halogens is 1. The van der Waals surface area contributed by atoms with Crippen LogP contribution >= 0.6 is 15.9 Å². The van der Waals surface area contributed by atoms with Crippen LogP contribution in [-0.2, 0) is 4.43 Å². The van der Waals surface area contributed by atoms with Crippen molar-refractivity contribution in [1.82, 2.24) is 0 Å². The molecule has 0 spiro atoms. The summed E-state index contributed by atoms with van der Waals surface area (Å²) in [5.41, 5.74) is 1.32. The van der Waals surface area contributed by atoms with Gasteiger partial charge in [0, 0.05) is 11.1 Å². The molecule has 0 aliphatic carbocycles. The lowest BCUT2D eigenvalue weighted by Gasteiger charge is -2.22. The van der Waals surface area contributed by atoms with Gasteiger partial charge in [-0.05, 0) is 30.1 Å². The van der Waals surface area contributed by atoms with Gasteiger partial charge in [0.05, 0.1) is 0 Å². The largest absolute Gasteiger partial charge is 0.415 e. The van der Waals surface area contributed by atoms with E-state index in [-0.39, 0.29) is 0 Å². The molecule has 1 atom stereocenters. The van der Waals surface area contributed by atoms with E-state index in [1.165, 1.54) is 34.1 Å². The van der Waals surface area contributed by atoms with E-state index in [1.807, 2.05) is 0 Å². The Labute approximate surface area is 95.3 Å². The third-order valence-corrected chi connectivity index (χ3v) is 7.00. The van der Waals surface area contributed by atoms with E-state index in [4.69, 9.17) is 4.43 Å². The van der Waals surface area contributed by atoms with Crippen LogP contribution in [0.3, 0.4) is 0 Å². The molecule has 2 rings (SSSR count). The summed E-state index contributed by atoms with van der Waals surface area (Å²) in [7, 11) is -1.10. The molecule has 1 saturated heterocycles. The molecule has 1 aromatic carbocycles. The lowest BCUT2D eigenvalue weighted by molar-refractivity contribution is 0.294. The zero-order chi connectivity index (χ0) is 9.97. The maximum atomic E-state index is 5.91. The SMILES string of the molecule is Cc1cccc([SiH]2CCCCO2)c1Br. The fourth-order valence-corrected chi connectivity index (χ4v) is 5.54. The molecule has 0 amide bonds.